The summed E-state index contributed by atoms with van der Waals surface area (Å²) < 4.78 is 0. The van der Waals surface area contributed by atoms with Crippen molar-refractivity contribution in [3.63, 3.8) is 0 Å². The molecule has 0 aliphatic carbocycles. The van der Waals surface area contributed by atoms with Crippen LogP contribution in [0.25, 0.3) is 0 Å². The van der Waals surface area contributed by atoms with E-state index in [4.69, 9.17) is 11.1 Å². The Bertz CT molecular complexity index is 845. The van der Waals surface area contributed by atoms with Gasteiger partial charge in [-0.25, -0.2) is 4.79 Å². The largest absolute Gasteiger partial charge is 0.384 e. The highest BCUT2D eigenvalue weighted by Crippen LogP contribution is 2.26. The van der Waals surface area contributed by atoms with Crippen LogP contribution in [-0.4, -0.2) is 53.9 Å². The fourth-order valence-electron chi connectivity index (χ4n) is 4.33. The van der Waals surface area contributed by atoms with E-state index in [2.05, 4.69) is 27.3 Å². The van der Waals surface area contributed by atoms with Gasteiger partial charge in [0.2, 0.25) is 0 Å². The molecule has 1 aromatic carbocycles. The quantitative estimate of drug-likeness (QED) is 0.581. The number of benzene rings is 1. The van der Waals surface area contributed by atoms with Crippen LogP contribution in [0.5, 0.6) is 0 Å². The number of anilines is 1. The summed E-state index contributed by atoms with van der Waals surface area (Å²) in [6.45, 7) is 4.63. The molecule has 4 rings (SSSR count). The molecule has 1 aromatic heterocycles. The molecule has 2 aliphatic rings. The van der Waals surface area contributed by atoms with Crippen molar-refractivity contribution in [1.82, 2.24) is 9.80 Å². The summed E-state index contributed by atoms with van der Waals surface area (Å²) in [5, 5.41) is 9.82. The van der Waals surface area contributed by atoms with Crippen molar-refractivity contribution >= 4 is 28.9 Å². The number of nitrogen functional groups attached to an aromatic ring is 1. The lowest BCUT2D eigenvalue weighted by atomic mass is 10.0. The number of likely N-dealkylation sites (tertiary alicyclic amines) is 1. The minimum absolute atomic E-state index is 0.0316. The summed E-state index contributed by atoms with van der Waals surface area (Å²) >= 11 is 1.81. The molecule has 6 nitrogen and oxygen atoms in total. The number of nitrogens with zero attached hydrogens (tertiary/aromatic N) is 3. The van der Waals surface area contributed by atoms with E-state index in [9.17, 15) is 4.79 Å². The van der Waals surface area contributed by atoms with Crippen molar-refractivity contribution in [3.05, 3.63) is 52.2 Å². The third-order valence-corrected chi connectivity index (χ3v) is 6.79. The molecule has 3 N–H and O–H groups in total. The summed E-state index contributed by atoms with van der Waals surface area (Å²) in [5.41, 5.74) is 7.15. The molecule has 2 aliphatic heterocycles. The number of carbonyl (C=O) groups is 1. The number of nitrogens with two attached hydrogens (primary N) is 1. The van der Waals surface area contributed by atoms with E-state index in [1.807, 2.05) is 40.5 Å². The smallest absolute Gasteiger partial charge is 0.324 e. The van der Waals surface area contributed by atoms with Crippen LogP contribution < -0.4 is 10.6 Å². The number of amides is 2. The van der Waals surface area contributed by atoms with Gasteiger partial charge in [0.25, 0.3) is 0 Å². The van der Waals surface area contributed by atoms with Gasteiger partial charge in [-0.3, -0.25) is 15.2 Å². The minimum Gasteiger partial charge on any atom is -0.384 e. The maximum atomic E-state index is 13.4. The highest BCUT2D eigenvalue weighted by molar-refractivity contribution is 7.09. The molecule has 0 spiro atoms. The Morgan fingerprint density at radius 2 is 1.90 bits per heavy atom. The lowest BCUT2D eigenvalue weighted by Crippen LogP contribution is -2.51. The zero-order chi connectivity index (χ0) is 20.2. The van der Waals surface area contributed by atoms with Crippen molar-refractivity contribution in [1.29, 1.82) is 5.41 Å². The molecule has 0 radical (unpaired) electrons. The normalized spacial score (nSPS) is 19.4. The Morgan fingerprint density at radius 1 is 1.10 bits per heavy atom. The Kier molecular flexibility index (Phi) is 6.16. The number of hydrogen-bond donors (Lipinski definition) is 2. The maximum Gasteiger partial charge on any atom is 0.324 e. The fraction of sp³-hybridized carbons (Fsp3) is 0.455. The zero-order valence-electron chi connectivity index (χ0n) is 16.7. The second kappa shape index (κ2) is 8.97. The number of carbonyl (C=O) groups excluding carboxylic acids is 1. The van der Waals surface area contributed by atoms with Gasteiger partial charge >= 0.3 is 6.03 Å². The van der Waals surface area contributed by atoms with Crippen molar-refractivity contribution < 1.29 is 4.79 Å². The topological polar surface area (TPSA) is 76.7 Å². The van der Waals surface area contributed by atoms with Gasteiger partial charge in [0.1, 0.15) is 5.84 Å². The van der Waals surface area contributed by atoms with Crippen LogP contribution in [0.4, 0.5) is 10.5 Å². The Labute approximate surface area is 176 Å². The van der Waals surface area contributed by atoms with Crippen molar-refractivity contribution in [2.75, 3.05) is 31.1 Å². The molecule has 29 heavy (non-hydrogen) atoms. The Balaban J connectivity index is 1.43. The molecule has 0 unspecified atom stereocenters. The molecule has 7 heteroatoms. The molecule has 2 amide bonds. The highest BCUT2D eigenvalue weighted by Gasteiger charge is 2.32. The van der Waals surface area contributed by atoms with E-state index >= 15 is 0 Å². The number of hydrogen-bond acceptors (Lipinski definition) is 4. The molecular formula is C22H29N5OS. The molecule has 154 valence electrons. The van der Waals surface area contributed by atoms with E-state index < -0.39 is 0 Å². The minimum atomic E-state index is 0.0316. The average molecular weight is 412 g/mol. The van der Waals surface area contributed by atoms with Gasteiger partial charge < -0.3 is 10.6 Å². The molecule has 2 fully saturated rings. The predicted octanol–water partition coefficient (Wildman–Crippen LogP) is 3.72. The van der Waals surface area contributed by atoms with E-state index in [-0.39, 0.29) is 11.9 Å². The first-order valence-electron chi connectivity index (χ1n) is 10.4. The lowest BCUT2D eigenvalue weighted by molar-refractivity contribution is 0.123. The Hall–Kier alpha value is -2.38. The van der Waals surface area contributed by atoms with Crippen molar-refractivity contribution in [3.8, 4) is 0 Å². The molecule has 2 saturated heterocycles. The van der Waals surface area contributed by atoms with Crippen molar-refractivity contribution in [2.45, 2.75) is 38.3 Å². The maximum absolute atomic E-state index is 13.4. The Morgan fingerprint density at radius 3 is 2.62 bits per heavy atom. The first kappa shape index (κ1) is 19.9. The van der Waals surface area contributed by atoms with E-state index in [1.165, 1.54) is 4.88 Å². The van der Waals surface area contributed by atoms with Crippen LogP contribution in [0.3, 0.4) is 0 Å². The second-order valence-corrected chi connectivity index (χ2v) is 8.92. The molecule has 2 aromatic rings. The van der Waals surface area contributed by atoms with E-state index in [0.29, 0.717) is 18.2 Å². The van der Waals surface area contributed by atoms with Crippen LogP contribution in [0.1, 0.15) is 36.1 Å². The summed E-state index contributed by atoms with van der Waals surface area (Å²) in [6, 6.07) is 12.2. The lowest BCUT2D eigenvalue weighted by Gasteiger charge is -2.39. The predicted molar refractivity (Wildman–Crippen MR) is 119 cm³/mol. The molecule has 0 bridgehead atoms. The SMILES string of the molecule is N=C(N)c1cccc(N2CCCCN(C3CCN(Cc4cccs4)CC3)C2=O)c1. The van der Waals surface area contributed by atoms with Gasteiger partial charge in [0, 0.05) is 54.9 Å². The third kappa shape index (κ3) is 4.62. The van der Waals surface area contributed by atoms with Crippen molar-refractivity contribution in [2.24, 2.45) is 5.73 Å². The summed E-state index contributed by atoms with van der Waals surface area (Å²) in [7, 11) is 0. The van der Waals surface area contributed by atoms with Crippen LogP contribution in [-0.2, 0) is 6.54 Å². The fourth-order valence-corrected chi connectivity index (χ4v) is 5.08. The number of urea groups is 1. The zero-order valence-corrected chi connectivity index (χ0v) is 17.5. The van der Waals surface area contributed by atoms with Gasteiger partial charge in [-0.15, -0.1) is 11.3 Å². The monoisotopic (exact) mass is 411 g/mol. The number of rotatable bonds is 5. The van der Waals surface area contributed by atoms with Crippen LogP contribution >= 0.6 is 11.3 Å². The standard InChI is InChI=1S/C22H29N5OS/c23-21(24)17-5-3-6-19(15-17)27-11-2-1-10-26(22(27)28)18-8-12-25(13-9-18)16-20-7-4-14-29-20/h3-7,14-15,18H,1-2,8-13,16H2,(H3,23,24). The molecule has 0 saturated carbocycles. The average Bonchev–Trinajstić information content (AvgIpc) is 3.16. The highest BCUT2D eigenvalue weighted by atomic mass is 32.1. The number of thiophene rings is 1. The van der Waals surface area contributed by atoms with Gasteiger partial charge in [0.05, 0.1) is 0 Å². The number of amidine groups is 1. The van der Waals surface area contributed by atoms with Gasteiger partial charge in [-0.1, -0.05) is 18.2 Å². The first-order valence-corrected chi connectivity index (χ1v) is 11.3. The number of nitrogens with one attached hydrogen (secondary N) is 1. The van der Waals surface area contributed by atoms with Crippen LogP contribution in [0.2, 0.25) is 0 Å². The van der Waals surface area contributed by atoms with Gasteiger partial charge in [0.15, 0.2) is 0 Å². The summed E-state index contributed by atoms with van der Waals surface area (Å²) in [5.74, 6) is 0.0316. The van der Waals surface area contributed by atoms with Crippen LogP contribution in [0.15, 0.2) is 41.8 Å². The summed E-state index contributed by atoms with van der Waals surface area (Å²) in [6.07, 6.45) is 4.07. The molecule has 0 atom stereocenters. The molecule has 3 heterocycles. The van der Waals surface area contributed by atoms with E-state index in [0.717, 1.165) is 57.5 Å². The van der Waals surface area contributed by atoms with Gasteiger partial charge in [-0.2, -0.15) is 0 Å². The van der Waals surface area contributed by atoms with E-state index in [1.54, 1.807) is 0 Å². The van der Waals surface area contributed by atoms with Gasteiger partial charge in [-0.05, 0) is 49.3 Å². The number of piperidine rings is 1. The first-order chi connectivity index (χ1) is 14.1. The summed E-state index contributed by atoms with van der Waals surface area (Å²) in [4.78, 5) is 21.3. The van der Waals surface area contributed by atoms with Crippen LogP contribution in [0, 0.1) is 5.41 Å². The third-order valence-electron chi connectivity index (χ3n) is 5.93. The molecular weight excluding hydrogens is 382 g/mol. The second-order valence-electron chi connectivity index (χ2n) is 7.89.